The molecule has 0 saturated carbocycles. The average molecular weight is 233 g/mol. The molecule has 1 aromatic rings. The average Bonchev–Trinajstić information content (AvgIpc) is 2.65. The highest BCUT2D eigenvalue weighted by molar-refractivity contribution is 5.74. The summed E-state index contributed by atoms with van der Waals surface area (Å²) in [5.74, 6) is -0.0426. The largest absolute Gasteiger partial charge is 0.367 e. The maximum absolute atomic E-state index is 11.7. The van der Waals surface area contributed by atoms with Crippen LogP contribution in [0.4, 0.5) is 0 Å². The van der Waals surface area contributed by atoms with Crippen LogP contribution in [0.3, 0.4) is 0 Å². The summed E-state index contributed by atoms with van der Waals surface area (Å²) in [6.45, 7) is 4.83. The second kappa shape index (κ2) is 5.32. The van der Waals surface area contributed by atoms with Crippen molar-refractivity contribution in [3.63, 3.8) is 0 Å². The first-order valence-corrected chi connectivity index (χ1v) is 6.28. The number of rotatable bonds is 4. The van der Waals surface area contributed by atoms with E-state index in [9.17, 15) is 4.79 Å². The minimum Gasteiger partial charge on any atom is -0.367 e. The van der Waals surface area contributed by atoms with Crippen LogP contribution >= 0.6 is 0 Å². The molecule has 2 atom stereocenters. The SMILES string of the molecule is CCC1C(=O)ON(Cc2ccccc2)C1CC. The second-order valence-corrected chi connectivity index (χ2v) is 4.46. The topological polar surface area (TPSA) is 29.5 Å². The van der Waals surface area contributed by atoms with Gasteiger partial charge < -0.3 is 4.84 Å². The lowest BCUT2D eigenvalue weighted by molar-refractivity contribution is -0.178. The standard InChI is InChI=1S/C14H19NO2/c1-3-12-13(4-2)15(17-14(12)16)10-11-8-6-5-7-9-11/h5-9,12-13H,3-4,10H2,1-2H3. The fourth-order valence-electron chi connectivity index (χ4n) is 2.45. The first kappa shape index (κ1) is 12.1. The van der Waals surface area contributed by atoms with Crippen LogP contribution in [-0.2, 0) is 16.2 Å². The molecule has 2 unspecified atom stereocenters. The molecule has 0 amide bonds. The highest BCUT2D eigenvalue weighted by Crippen LogP contribution is 2.29. The van der Waals surface area contributed by atoms with Gasteiger partial charge in [-0.25, -0.2) is 4.79 Å². The third-order valence-corrected chi connectivity index (χ3v) is 3.38. The molecule has 1 aliphatic rings. The molecule has 3 nitrogen and oxygen atoms in total. The van der Waals surface area contributed by atoms with Crippen molar-refractivity contribution in [1.82, 2.24) is 5.06 Å². The van der Waals surface area contributed by atoms with Crippen molar-refractivity contribution in [3.05, 3.63) is 35.9 Å². The lowest BCUT2D eigenvalue weighted by atomic mass is 9.96. The molecule has 1 aromatic carbocycles. The van der Waals surface area contributed by atoms with Crippen molar-refractivity contribution >= 4 is 5.97 Å². The minimum absolute atomic E-state index is 0.0312. The van der Waals surface area contributed by atoms with Gasteiger partial charge in [-0.05, 0) is 18.4 Å². The van der Waals surface area contributed by atoms with E-state index in [1.54, 1.807) is 0 Å². The zero-order valence-electron chi connectivity index (χ0n) is 10.4. The van der Waals surface area contributed by atoms with Crippen molar-refractivity contribution in [2.45, 2.75) is 39.3 Å². The molecule has 0 spiro atoms. The molecule has 0 radical (unpaired) electrons. The van der Waals surface area contributed by atoms with Crippen molar-refractivity contribution in [2.24, 2.45) is 5.92 Å². The summed E-state index contributed by atoms with van der Waals surface area (Å²) in [5, 5.41) is 1.84. The minimum atomic E-state index is -0.0738. The predicted molar refractivity (Wildman–Crippen MR) is 65.9 cm³/mol. The summed E-state index contributed by atoms with van der Waals surface area (Å²) in [6.07, 6.45) is 1.79. The van der Waals surface area contributed by atoms with Gasteiger partial charge in [-0.3, -0.25) is 0 Å². The summed E-state index contributed by atoms with van der Waals surface area (Å²) in [4.78, 5) is 17.1. The molecule has 1 aliphatic heterocycles. The van der Waals surface area contributed by atoms with Crippen LogP contribution in [0.2, 0.25) is 0 Å². The van der Waals surface area contributed by atoms with Crippen LogP contribution in [-0.4, -0.2) is 17.1 Å². The van der Waals surface area contributed by atoms with Crippen molar-refractivity contribution in [2.75, 3.05) is 0 Å². The Hall–Kier alpha value is -1.35. The van der Waals surface area contributed by atoms with E-state index in [0.29, 0.717) is 6.54 Å². The van der Waals surface area contributed by atoms with Gasteiger partial charge in [0.25, 0.3) is 0 Å². The molecule has 92 valence electrons. The highest BCUT2D eigenvalue weighted by atomic mass is 16.7. The number of hydrogen-bond donors (Lipinski definition) is 0. The molecule has 0 aliphatic carbocycles. The van der Waals surface area contributed by atoms with Gasteiger partial charge in [-0.1, -0.05) is 44.2 Å². The van der Waals surface area contributed by atoms with E-state index < -0.39 is 0 Å². The van der Waals surface area contributed by atoms with E-state index in [1.807, 2.05) is 30.2 Å². The Morgan fingerprint density at radius 1 is 1.18 bits per heavy atom. The molecule has 3 heteroatoms. The summed E-state index contributed by atoms with van der Waals surface area (Å²) >= 11 is 0. The van der Waals surface area contributed by atoms with Crippen LogP contribution in [0.5, 0.6) is 0 Å². The Kier molecular flexibility index (Phi) is 3.79. The van der Waals surface area contributed by atoms with Gasteiger partial charge in [0.05, 0.1) is 18.5 Å². The number of carbonyl (C=O) groups excluding carboxylic acids is 1. The van der Waals surface area contributed by atoms with Gasteiger partial charge >= 0.3 is 5.97 Å². The van der Waals surface area contributed by atoms with Gasteiger partial charge in [0.2, 0.25) is 0 Å². The van der Waals surface area contributed by atoms with Crippen LogP contribution in [0.15, 0.2) is 30.3 Å². The summed E-state index contributed by atoms with van der Waals surface area (Å²) < 4.78 is 0. The maximum atomic E-state index is 11.7. The molecule has 17 heavy (non-hydrogen) atoms. The number of benzene rings is 1. The molecule has 0 N–H and O–H groups in total. The quantitative estimate of drug-likeness (QED) is 0.801. The van der Waals surface area contributed by atoms with Crippen LogP contribution in [0.25, 0.3) is 0 Å². The molecule has 1 saturated heterocycles. The summed E-state index contributed by atoms with van der Waals surface area (Å²) in [7, 11) is 0. The monoisotopic (exact) mass is 233 g/mol. The molecule has 1 fully saturated rings. The highest BCUT2D eigenvalue weighted by Gasteiger charge is 2.40. The summed E-state index contributed by atoms with van der Waals surface area (Å²) in [5.41, 5.74) is 1.18. The van der Waals surface area contributed by atoms with Gasteiger partial charge in [0, 0.05) is 0 Å². The first-order valence-electron chi connectivity index (χ1n) is 6.28. The van der Waals surface area contributed by atoms with E-state index in [1.165, 1.54) is 5.56 Å². The molecule has 0 aromatic heterocycles. The fourth-order valence-corrected chi connectivity index (χ4v) is 2.45. The smallest absolute Gasteiger partial charge is 0.329 e. The Morgan fingerprint density at radius 2 is 1.88 bits per heavy atom. The molecule has 0 bridgehead atoms. The number of hydroxylamine groups is 2. The first-order chi connectivity index (χ1) is 8.26. The van der Waals surface area contributed by atoms with E-state index in [4.69, 9.17) is 4.84 Å². The van der Waals surface area contributed by atoms with E-state index >= 15 is 0 Å². The zero-order valence-corrected chi connectivity index (χ0v) is 10.4. The molecule has 2 rings (SSSR count). The van der Waals surface area contributed by atoms with Crippen molar-refractivity contribution in [1.29, 1.82) is 0 Å². The van der Waals surface area contributed by atoms with E-state index in [0.717, 1.165) is 12.8 Å². The van der Waals surface area contributed by atoms with Crippen LogP contribution in [0, 0.1) is 5.92 Å². The normalized spacial score (nSPS) is 24.9. The Balaban J connectivity index is 2.09. The van der Waals surface area contributed by atoms with Crippen molar-refractivity contribution < 1.29 is 9.63 Å². The third kappa shape index (κ3) is 2.50. The Bertz CT molecular complexity index is 377. The zero-order chi connectivity index (χ0) is 12.3. The summed E-state index contributed by atoms with van der Waals surface area (Å²) in [6, 6.07) is 10.3. The van der Waals surface area contributed by atoms with E-state index in [2.05, 4.69) is 19.1 Å². The molecular weight excluding hydrogens is 214 g/mol. The number of nitrogens with zero attached hydrogens (tertiary/aromatic N) is 1. The van der Waals surface area contributed by atoms with Gasteiger partial charge in [0.1, 0.15) is 0 Å². The maximum Gasteiger partial charge on any atom is 0.329 e. The fraction of sp³-hybridized carbons (Fsp3) is 0.500. The number of hydrogen-bond acceptors (Lipinski definition) is 3. The number of carbonyl (C=O) groups is 1. The van der Waals surface area contributed by atoms with Crippen molar-refractivity contribution in [3.8, 4) is 0 Å². The second-order valence-electron chi connectivity index (χ2n) is 4.46. The molecule has 1 heterocycles. The molecular formula is C14H19NO2. The van der Waals surface area contributed by atoms with Crippen LogP contribution < -0.4 is 0 Å². The predicted octanol–water partition coefficient (Wildman–Crippen LogP) is 2.77. The lowest BCUT2D eigenvalue weighted by Crippen LogP contribution is -2.30. The lowest BCUT2D eigenvalue weighted by Gasteiger charge is -2.21. The van der Waals surface area contributed by atoms with Crippen LogP contribution in [0.1, 0.15) is 32.3 Å². The third-order valence-electron chi connectivity index (χ3n) is 3.38. The van der Waals surface area contributed by atoms with Gasteiger partial charge in [-0.15, -0.1) is 5.06 Å². The Morgan fingerprint density at radius 3 is 2.47 bits per heavy atom. The Labute approximate surface area is 102 Å². The van der Waals surface area contributed by atoms with E-state index in [-0.39, 0.29) is 17.9 Å². The van der Waals surface area contributed by atoms with Gasteiger partial charge in [-0.2, -0.15) is 0 Å². The van der Waals surface area contributed by atoms with Gasteiger partial charge in [0.15, 0.2) is 0 Å².